The average molecular weight is 191 g/mol. The van der Waals surface area contributed by atoms with Gasteiger partial charge in [0.05, 0.1) is 5.76 Å². The summed E-state index contributed by atoms with van der Waals surface area (Å²) in [5.74, 6) is -0.324. The highest BCUT2D eigenvalue weighted by molar-refractivity contribution is 5.99. The second-order valence-corrected chi connectivity index (χ2v) is 3.09. The summed E-state index contributed by atoms with van der Waals surface area (Å²) in [6.45, 7) is 3.36. The number of aliphatic hydroxyl groups excluding tert-OH is 1. The maximum atomic E-state index is 11.2. The van der Waals surface area contributed by atoms with Gasteiger partial charge in [0, 0.05) is 11.8 Å². The van der Waals surface area contributed by atoms with E-state index in [1.165, 1.54) is 6.92 Å². The predicted octanol–water partition coefficient (Wildman–Crippen LogP) is 2.40. The predicted molar refractivity (Wildman–Crippen MR) is 56.2 cm³/mol. The molecule has 3 nitrogen and oxygen atoms in total. The molecule has 0 heterocycles. The lowest BCUT2D eigenvalue weighted by Crippen LogP contribution is -2.09. The Kier molecular flexibility index (Phi) is 3.29. The van der Waals surface area contributed by atoms with Crippen LogP contribution in [0.5, 0.6) is 0 Å². The topological polar surface area (TPSA) is 49.3 Å². The van der Waals surface area contributed by atoms with Gasteiger partial charge in [-0.2, -0.15) is 0 Å². The second-order valence-electron chi connectivity index (χ2n) is 3.09. The van der Waals surface area contributed by atoms with E-state index in [9.17, 15) is 4.79 Å². The van der Waals surface area contributed by atoms with Crippen molar-refractivity contribution in [1.82, 2.24) is 0 Å². The fourth-order valence-corrected chi connectivity index (χ4v) is 1.07. The molecule has 1 aromatic carbocycles. The second kappa shape index (κ2) is 4.46. The van der Waals surface area contributed by atoms with Crippen molar-refractivity contribution in [3.63, 3.8) is 0 Å². The van der Waals surface area contributed by atoms with Crippen molar-refractivity contribution in [2.45, 2.75) is 13.8 Å². The summed E-state index contributed by atoms with van der Waals surface area (Å²) in [5, 5.41) is 11.5. The number of anilines is 1. The molecule has 0 bridgehead atoms. The Labute approximate surface area is 83.1 Å². The molecule has 0 aliphatic rings. The third-order valence-corrected chi connectivity index (χ3v) is 1.74. The zero-order valence-corrected chi connectivity index (χ0v) is 8.24. The fourth-order valence-electron chi connectivity index (χ4n) is 1.07. The Morgan fingerprint density at radius 3 is 2.64 bits per heavy atom. The number of allylic oxidation sites excluding steroid dienone is 1. The van der Waals surface area contributed by atoms with E-state index < -0.39 is 0 Å². The van der Waals surface area contributed by atoms with Gasteiger partial charge in [-0.05, 0) is 25.5 Å². The maximum absolute atomic E-state index is 11.2. The van der Waals surface area contributed by atoms with Gasteiger partial charge in [-0.1, -0.05) is 18.2 Å². The lowest BCUT2D eigenvalue weighted by molar-refractivity contribution is -0.112. The molecule has 0 fully saturated rings. The number of para-hydroxylation sites is 1. The molecule has 0 radical (unpaired) electrons. The number of carbonyl (C=O) groups is 1. The van der Waals surface area contributed by atoms with Gasteiger partial charge in [0.15, 0.2) is 0 Å². The van der Waals surface area contributed by atoms with Gasteiger partial charge in [-0.3, -0.25) is 4.79 Å². The van der Waals surface area contributed by atoms with E-state index in [2.05, 4.69) is 5.32 Å². The molecule has 0 spiro atoms. The minimum Gasteiger partial charge on any atom is -0.512 e. The van der Waals surface area contributed by atoms with Gasteiger partial charge in [0.25, 0.3) is 5.91 Å². The van der Waals surface area contributed by atoms with Crippen molar-refractivity contribution in [1.29, 1.82) is 0 Å². The summed E-state index contributed by atoms with van der Waals surface area (Å²) >= 11 is 0. The minimum absolute atomic E-state index is 0.00363. The SMILES string of the molecule is C/C(O)=C/C(=O)Nc1ccccc1C. The summed E-state index contributed by atoms with van der Waals surface area (Å²) in [6, 6.07) is 7.47. The van der Waals surface area contributed by atoms with Crippen molar-refractivity contribution in [3.8, 4) is 0 Å². The van der Waals surface area contributed by atoms with E-state index in [0.29, 0.717) is 0 Å². The van der Waals surface area contributed by atoms with Crippen molar-refractivity contribution < 1.29 is 9.90 Å². The van der Waals surface area contributed by atoms with Gasteiger partial charge in [-0.15, -0.1) is 0 Å². The van der Waals surface area contributed by atoms with Gasteiger partial charge < -0.3 is 10.4 Å². The maximum Gasteiger partial charge on any atom is 0.251 e. The molecule has 3 heteroatoms. The molecule has 14 heavy (non-hydrogen) atoms. The zero-order chi connectivity index (χ0) is 10.6. The highest BCUT2D eigenvalue weighted by Crippen LogP contribution is 2.12. The quantitative estimate of drug-likeness (QED) is 0.557. The Hall–Kier alpha value is -1.77. The van der Waals surface area contributed by atoms with Gasteiger partial charge in [0.2, 0.25) is 0 Å². The first-order valence-electron chi connectivity index (χ1n) is 4.33. The number of hydrogen-bond donors (Lipinski definition) is 2. The Morgan fingerprint density at radius 1 is 1.43 bits per heavy atom. The molecule has 0 saturated heterocycles. The molecule has 0 atom stereocenters. The van der Waals surface area contributed by atoms with E-state index in [-0.39, 0.29) is 11.7 Å². The van der Waals surface area contributed by atoms with Crippen molar-refractivity contribution in [2.75, 3.05) is 5.32 Å². The molecule has 0 aliphatic heterocycles. The highest BCUT2D eigenvalue weighted by atomic mass is 16.3. The molecule has 0 aromatic heterocycles. The first-order chi connectivity index (χ1) is 6.59. The van der Waals surface area contributed by atoms with Crippen LogP contribution in [0.4, 0.5) is 5.69 Å². The minimum atomic E-state index is -0.320. The van der Waals surface area contributed by atoms with Crippen LogP contribution in [-0.2, 0) is 4.79 Å². The van der Waals surface area contributed by atoms with Crippen LogP contribution in [0.1, 0.15) is 12.5 Å². The highest BCUT2D eigenvalue weighted by Gasteiger charge is 2.00. The molecule has 0 aliphatic carbocycles. The number of benzene rings is 1. The summed E-state index contributed by atoms with van der Waals surface area (Å²) in [5.41, 5.74) is 1.75. The monoisotopic (exact) mass is 191 g/mol. The summed E-state index contributed by atoms with van der Waals surface area (Å²) < 4.78 is 0. The molecule has 1 rings (SSSR count). The average Bonchev–Trinajstić information content (AvgIpc) is 2.07. The van der Waals surface area contributed by atoms with E-state index in [1.807, 2.05) is 31.2 Å². The summed E-state index contributed by atoms with van der Waals surface area (Å²) in [6.07, 6.45) is 1.15. The number of nitrogens with one attached hydrogen (secondary N) is 1. The van der Waals surface area contributed by atoms with Crippen LogP contribution in [0.2, 0.25) is 0 Å². The van der Waals surface area contributed by atoms with Crippen molar-refractivity contribution >= 4 is 11.6 Å². The van der Waals surface area contributed by atoms with Crippen LogP contribution in [0.25, 0.3) is 0 Å². The number of hydrogen-bond acceptors (Lipinski definition) is 2. The molecular weight excluding hydrogens is 178 g/mol. The standard InChI is InChI=1S/C11H13NO2/c1-8-5-3-4-6-10(8)12-11(14)7-9(2)13/h3-7,13H,1-2H3,(H,12,14)/b9-7-. The number of amides is 1. The van der Waals surface area contributed by atoms with E-state index >= 15 is 0 Å². The molecular formula is C11H13NO2. The molecule has 1 aromatic rings. The molecule has 2 N–H and O–H groups in total. The van der Waals surface area contributed by atoms with Gasteiger partial charge in [-0.25, -0.2) is 0 Å². The third kappa shape index (κ3) is 2.94. The fraction of sp³-hybridized carbons (Fsp3) is 0.182. The van der Waals surface area contributed by atoms with Crippen LogP contribution in [-0.4, -0.2) is 11.0 Å². The van der Waals surface area contributed by atoms with E-state index in [0.717, 1.165) is 17.3 Å². The zero-order valence-electron chi connectivity index (χ0n) is 8.24. The van der Waals surface area contributed by atoms with E-state index in [1.54, 1.807) is 0 Å². The molecule has 74 valence electrons. The van der Waals surface area contributed by atoms with E-state index in [4.69, 9.17) is 5.11 Å². The lowest BCUT2D eigenvalue weighted by Gasteiger charge is -2.05. The number of aliphatic hydroxyl groups is 1. The first-order valence-corrected chi connectivity index (χ1v) is 4.33. The van der Waals surface area contributed by atoms with Gasteiger partial charge in [0.1, 0.15) is 0 Å². The van der Waals surface area contributed by atoms with Crippen molar-refractivity contribution in [2.24, 2.45) is 0 Å². The van der Waals surface area contributed by atoms with Crippen LogP contribution in [0.3, 0.4) is 0 Å². The Balaban J connectivity index is 2.75. The van der Waals surface area contributed by atoms with Crippen LogP contribution < -0.4 is 5.32 Å². The Morgan fingerprint density at radius 2 is 2.07 bits per heavy atom. The molecule has 0 saturated carbocycles. The van der Waals surface area contributed by atoms with Gasteiger partial charge >= 0.3 is 0 Å². The van der Waals surface area contributed by atoms with Crippen LogP contribution in [0.15, 0.2) is 36.1 Å². The largest absolute Gasteiger partial charge is 0.512 e. The third-order valence-electron chi connectivity index (χ3n) is 1.74. The number of rotatable bonds is 2. The summed E-state index contributed by atoms with van der Waals surface area (Å²) in [4.78, 5) is 11.2. The molecule has 0 unspecified atom stereocenters. The van der Waals surface area contributed by atoms with Crippen LogP contribution in [0, 0.1) is 6.92 Å². The smallest absolute Gasteiger partial charge is 0.251 e. The first kappa shape index (κ1) is 10.3. The van der Waals surface area contributed by atoms with Crippen LogP contribution >= 0.6 is 0 Å². The lowest BCUT2D eigenvalue weighted by atomic mass is 10.2. The van der Waals surface area contributed by atoms with Crippen molar-refractivity contribution in [3.05, 3.63) is 41.7 Å². The number of aryl methyl sites for hydroxylation is 1. The summed E-state index contributed by atoms with van der Waals surface area (Å²) in [7, 11) is 0. The Bertz CT molecular complexity index is 365. The molecule has 1 amide bonds. The number of carbonyl (C=O) groups excluding carboxylic acids is 1. The normalized spacial score (nSPS) is 11.1.